The zero-order valence-electron chi connectivity index (χ0n) is 30.9. The quantitative estimate of drug-likeness (QED) is 0.243. The Kier molecular flexibility index (Phi) is 11.3. The zero-order chi connectivity index (χ0) is 36.6. The normalized spacial score (nSPS) is 29.6. The number of ether oxygens (including phenoxy) is 2. The highest BCUT2D eigenvalue weighted by Crippen LogP contribution is 2.61. The van der Waals surface area contributed by atoms with Crippen molar-refractivity contribution in [3.63, 3.8) is 0 Å². The van der Waals surface area contributed by atoms with Crippen molar-refractivity contribution in [1.29, 1.82) is 0 Å². The van der Waals surface area contributed by atoms with E-state index < -0.39 is 30.1 Å². The molecule has 4 N–H and O–H groups in total. The number of carbonyl (C=O) groups is 2. The molecule has 1 unspecified atom stereocenters. The van der Waals surface area contributed by atoms with Gasteiger partial charge in [-0.15, -0.1) is 0 Å². The number of carboxylic acids is 1. The van der Waals surface area contributed by atoms with E-state index in [1.807, 2.05) is 43.3 Å². The lowest BCUT2D eigenvalue weighted by molar-refractivity contribution is -0.183. The molecule has 8 atom stereocenters. The van der Waals surface area contributed by atoms with Crippen LogP contribution in [0.3, 0.4) is 0 Å². The maximum absolute atomic E-state index is 14.3. The molecule has 12 heteroatoms. The zero-order valence-corrected chi connectivity index (χ0v) is 30.9. The summed E-state index contributed by atoms with van der Waals surface area (Å²) in [6, 6.07) is 10.1. The number of anilines is 1. The summed E-state index contributed by atoms with van der Waals surface area (Å²) in [6.45, 7) is 12.3. The largest absolute Gasteiger partial charge is 0.491 e. The second-order valence-corrected chi connectivity index (χ2v) is 15.8. The molecule has 0 aromatic heterocycles. The molecule has 2 heterocycles. The highest BCUT2D eigenvalue weighted by molar-refractivity contribution is 5.92. The third-order valence-electron chi connectivity index (χ3n) is 12.2. The molecule has 7 rings (SSSR count). The Morgan fingerprint density at radius 3 is 2.51 bits per heavy atom. The van der Waals surface area contributed by atoms with E-state index in [0.717, 1.165) is 30.8 Å². The Morgan fingerprint density at radius 1 is 1.14 bits per heavy atom. The minimum atomic E-state index is -1.03. The number of aromatic carboxylic acids is 1. The van der Waals surface area contributed by atoms with Gasteiger partial charge in [0, 0.05) is 62.5 Å². The first-order valence-electron chi connectivity index (χ1n) is 18.4. The number of nitrogens with one attached hydrogen (secondary N) is 1. The summed E-state index contributed by atoms with van der Waals surface area (Å²) in [5.41, 5.74) is 3.29. The number of carboxylic acid groups (broad SMARTS) is 1. The molecule has 280 valence electrons. The second-order valence-electron chi connectivity index (χ2n) is 15.8. The Morgan fingerprint density at radius 2 is 1.88 bits per heavy atom. The van der Waals surface area contributed by atoms with Crippen LogP contribution < -0.4 is 15.0 Å². The highest BCUT2D eigenvalue weighted by Gasteiger charge is 2.57. The van der Waals surface area contributed by atoms with Crippen LogP contribution in [0.15, 0.2) is 36.4 Å². The number of nitrogens with zero attached hydrogens (tertiary/aromatic N) is 3. The van der Waals surface area contributed by atoms with Gasteiger partial charge in [0.25, 0.3) is 0 Å². The fraction of sp³-hybridized carbons (Fsp3) is 0.641. The predicted molar refractivity (Wildman–Crippen MR) is 193 cm³/mol. The van der Waals surface area contributed by atoms with Crippen LogP contribution in [0.1, 0.15) is 56.5 Å². The maximum Gasteiger partial charge on any atom is 0.335 e. The van der Waals surface area contributed by atoms with E-state index in [-0.39, 0.29) is 36.1 Å². The summed E-state index contributed by atoms with van der Waals surface area (Å²) in [4.78, 5) is 36.9. The minimum absolute atomic E-state index is 0.0220. The molecule has 5 fully saturated rings. The first-order valence-corrected chi connectivity index (χ1v) is 18.4. The number of para-hydroxylation sites is 1. The number of benzene rings is 2. The molecule has 51 heavy (non-hydrogen) atoms. The van der Waals surface area contributed by atoms with Crippen LogP contribution in [-0.2, 0) is 20.9 Å². The summed E-state index contributed by atoms with van der Waals surface area (Å²) in [5, 5.41) is 36.3. The van der Waals surface area contributed by atoms with E-state index in [9.17, 15) is 24.9 Å². The molecule has 2 aliphatic heterocycles. The summed E-state index contributed by atoms with van der Waals surface area (Å²) in [5.74, 6) is 0.0722. The van der Waals surface area contributed by atoms with Gasteiger partial charge in [0.1, 0.15) is 24.5 Å². The monoisotopic (exact) mass is 708 g/mol. The number of hydrogen-bond acceptors (Lipinski definition) is 10. The molecule has 0 radical (unpaired) electrons. The molecule has 2 aromatic rings. The molecular weight excluding hydrogens is 652 g/mol. The SMILES string of the molecule is C[C@H](O)[C@@H]1[C@H](CO)ON(Cc2cccc(-c3cc(C(=O)O)cc(N(C)C)c3)c2OCCN2CCOCC2)[C@@H]1C(=O)N[C@H]1C[C@@H]2CC([C@@H]1C)C2(C)C. The first-order chi connectivity index (χ1) is 24.3. The molecule has 2 bridgehead atoms. The van der Waals surface area contributed by atoms with Crippen molar-refractivity contribution in [3.05, 3.63) is 47.5 Å². The molecule has 5 aliphatic rings. The maximum atomic E-state index is 14.3. The van der Waals surface area contributed by atoms with Gasteiger partial charge in [0.2, 0.25) is 5.91 Å². The van der Waals surface area contributed by atoms with Gasteiger partial charge in [-0.3, -0.25) is 14.5 Å². The van der Waals surface area contributed by atoms with E-state index in [0.29, 0.717) is 61.0 Å². The number of morpholine rings is 1. The van der Waals surface area contributed by atoms with Gasteiger partial charge in [0.15, 0.2) is 0 Å². The Hall–Kier alpha value is -3.26. The number of aliphatic hydroxyl groups excluding tert-OH is 2. The lowest BCUT2D eigenvalue weighted by Crippen LogP contribution is -2.62. The van der Waals surface area contributed by atoms with Gasteiger partial charge in [-0.1, -0.05) is 39.0 Å². The minimum Gasteiger partial charge on any atom is -0.491 e. The van der Waals surface area contributed by atoms with Crippen LogP contribution in [0.4, 0.5) is 5.69 Å². The smallest absolute Gasteiger partial charge is 0.335 e. The summed E-state index contributed by atoms with van der Waals surface area (Å²) < 4.78 is 12.1. The van der Waals surface area contributed by atoms with E-state index >= 15 is 0 Å². The number of amides is 1. The van der Waals surface area contributed by atoms with Gasteiger partial charge in [-0.2, -0.15) is 5.06 Å². The van der Waals surface area contributed by atoms with Gasteiger partial charge in [0.05, 0.1) is 38.0 Å². The van der Waals surface area contributed by atoms with Crippen molar-refractivity contribution >= 4 is 17.6 Å². The van der Waals surface area contributed by atoms with E-state index in [1.54, 1.807) is 24.1 Å². The fourth-order valence-corrected chi connectivity index (χ4v) is 9.01. The van der Waals surface area contributed by atoms with Gasteiger partial charge in [-0.05, 0) is 66.7 Å². The lowest BCUT2D eigenvalue weighted by Gasteiger charge is -2.62. The van der Waals surface area contributed by atoms with Crippen molar-refractivity contribution in [3.8, 4) is 16.9 Å². The highest BCUT2D eigenvalue weighted by atomic mass is 16.7. The number of hydrogen-bond donors (Lipinski definition) is 4. The first kappa shape index (κ1) is 37.5. The second kappa shape index (κ2) is 15.4. The van der Waals surface area contributed by atoms with Crippen LogP contribution in [0.2, 0.25) is 0 Å². The molecule has 0 spiro atoms. The van der Waals surface area contributed by atoms with Crippen molar-refractivity contribution in [2.45, 2.75) is 71.4 Å². The summed E-state index contributed by atoms with van der Waals surface area (Å²) in [6.07, 6.45) is 0.414. The summed E-state index contributed by atoms with van der Waals surface area (Å²) >= 11 is 0. The number of carbonyl (C=O) groups excluding carboxylic acids is 1. The van der Waals surface area contributed by atoms with Gasteiger partial charge >= 0.3 is 5.97 Å². The van der Waals surface area contributed by atoms with Crippen LogP contribution in [0, 0.1) is 29.1 Å². The lowest BCUT2D eigenvalue weighted by atomic mass is 9.45. The molecule has 12 nitrogen and oxygen atoms in total. The molecule has 2 aromatic carbocycles. The topological polar surface area (TPSA) is 144 Å². The average molecular weight is 709 g/mol. The van der Waals surface area contributed by atoms with Crippen molar-refractivity contribution < 1.29 is 39.2 Å². The molecule has 1 amide bonds. The average Bonchev–Trinajstić information content (AvgIpc) is 3.48. The van der Waals surface area contributed by atoms with Crippen molar-refractivity contribution in [2.75, 3.05) is 65.1 Å². The fourth-order valence-electron chi connectivity index (χ4n) is 9.01. The summed E-state index contributed by atoms with van der Waals surface area (Å²) in [7, 11) is 3.73. The number of fused-ring (bicyclic) bond motifs is 2. The number of rotatable bonds is 13. The van der Waals surface area contributed by atoms with E-state index in [4.69, 9.17) is 14.3 Å². The van der Waals surface area contributed by atoms with Crippen LogP contribution in [0.5, 0.6) is 5.75 Å². The third-order valence-corrected chi connectivity index (χ3v) is 12.2. The molecule has 3 aliphatic carbocycles. The number of hydroxylamine groups is 2. The van der Waals surface area contributed by atoms with Crippen molar-refractivity contribution in [1.82, 2.24) is 15.3 Å². The molecular formula is C39H56N4O8. The van der Waals surface area contributed by atoms with Crippen LogP contribution in [-0.4, -0.2) is 122 Å². The van der Waals surface area contributed by atoms with Crippen LogP contribution >= 0.6 is 0 Å². The van der Waals surface area contributed by atoms with Gasteiger partial charge in [-0.25, -0.2) is 4.79 Å². The standard InChI is InChI=1S/C39H56N4O8/c1-23-31-19-28(39(31,3)4)20-32(23)40-37(46)35-34(24(2)45)33(22-44)51-43(35)21-25-8-7-9-30(36(25)50-15-12-42-10-13-49-14-11-42)26-16-27(38(47)48)18-29(17-26)41(5)6/h7-9,16-18,23-24,28,31-35,44-45H,10-15,19-22H2,1-6H3,(H,40,46)(H,47,48)/t23-,24-,28-,31?,32-,33-,34+,35-/m0/s1. The molecule has 2 saturated heterocycles. The Balaban J connectivity index is 1.33. The Bertz CT molecular complexity index is 1560. The van der Waals surface area contributed by atoms with Crippen molar-refractivity contribution in [2.24, 2.45) is 29.1 Å². The van der Waals surface area contributed by atoms with E-state index in [2.05, 4.69) is 31.0 Å². The number of aliphatic hydroxyl groups is 2. The van der Waals surface area contributed by atoms with E-state index in [1.165, 1.54) is 6.42 Å². The Labute approximate surface area is 301 Å². The molecule has 3 saturated carbocycles. The van der Waals surface area contributed by atoms with Gasteiger partial charge < -0.3 is 35.0 Å². The predicted octanol–water partition coefficient (Wildman–Crippen LogP) is 3.49. The third kappa shape index (κ3) is 7.63. The van der Waals surface area contributed by atoms with Crippen LogP contribution in [0.25, 0.3) is 11.1 Å².